The molecule has 0 amide bonds. The quantitative estimate of drug-likeness (QED) is 0.821. The van der Waals surface area contributed by atoms with Gasteiger partial charge in [-0.05, 0) is 12.1 Å². The molecule has 1 aromatic carbocycles. The number of nitrogens with two attached hydrogens (primary N) is 1. The lowest BCUT2D eigenvalue weighted by Crippen LogP contribution is -2.02. The van der Waals surface area contributed by atoms with E-state index in [0.717, 1.165) is 11.3 Å². The highest BCUT2D eigenvalue weighted by Gasteiger charge is 2.18. The monoisotopic (exact) mass is 240 g/mol. The molecule has 2 rings (SSSR count). The Balaban J connectivity index is 2.72. The van der Waals surface area contributed by atoms with Crippen molar-refractivity contribution in [1.82, 2.24) is 0 Å². The van der Waals surface area contributed by atoms with E-state index in [9.17, 15) is 8.78 Å². The average Bonchev–Trinajstić information content (AvgIpc) is 2.57. The molecule has 82 valence electrons. The molecule has 1 aromatic heterocycles. The van der Waals surface area contributed by atoms with Crippen molar-refractivity contribution < 1.29 is 13.5 Å². The van der Waals surface area contributed by atoms with Gasteiger partial charge in [-0.25, -0.2) is 0 Å². The predicted octanol–water partition coefficient (Wildman–Crippen LogP) is 2.96. The van der Waals surface area contributed by atoms with E-state index in [1.165, 1.54) is 0 Å². The van der Waals surface area contributed by atoms with E-state index >= 15 is 0 Å². The zero-order chi connectivity index (χ0) is 11.7. The van der Waals surface area contributed by atoms with Gasteiger partial charge in [0, 0.05) is 10.4 Å². The number of anilines is 1. The van der Waals surface area contributed by atoms with Crippen LogP contribution in [0.3, 0.4) is 0 Å². The summed E-state index contributed by atoms with van der Waals surface area (Å²) in [4.78, 5) is 0.105. The van der Waals surface area contributed by atoms with Gasteiger partial charge < -0.3 is 10.5 Å². The van der Waals surface area contributed by atoms with Crippen molar-refractivity contribution in [2.75, 3.05) is 5.73 Å². The molecule has 3 nitrogen and oxygen atoms in total. The minimum atomic E-state index is -2.97. The largest absolute Gasteiger partial charge is 0.432 e. The van der Waals surface area contributed by atoms with Gasteiger partial charge in [0.1, 0.15) is 10.9 Å². The van der Waals surface area contributed by atoms with Crippen LogP contribution in [0.4, 0.5) is 14.5 Å². The molecular formula is C10H6F2N2OS. The number of hydrogen-bond donors (Lipinski definition) is 1. The van der Waals surface area contributed by atoms with Gasteiger partial charge in [0.2, 0.25) is 0 Å². The van der Waals surface area contributed by atoms with Crippen molar-refractivity contribution in [3.05, 3.63) is 23.1 Å². The molecule has 0 spiro atoms. The minimum Gasteiger partial charge on any atom is -0.432 e. The van der Waals surface area contributed by atoms with E-state index in [-0.39, 0.29) is 10.6 Å². The van der Waals surface area contributed by atoms with E-state index in [0.29, 0.717) is 15.8 Å². The van der Waals surface area contributed by atoms with E-state index in [1.54, 1.807) is 18.2 Å². The zero-order valence-electron chi connectivity index (χ0n) is 7.91. The van der Waals surface area contributed by atoms with E-state index in [2.05, 4.69) is 4.74 Å². The first-order chi connectivity index (χ1) is 7.63. The summed E-state index contributed by atoms with van der Waals surface area (Å²) in [6, 6.07) is 6.80. The highest BCUT2D eigenvalue weighted by atomic mass is 32.1. The van der Waals surface area contributed by atoms with Gasteiger partial charge in [0.05, 0.1) is 5.39 Å². The number of nitriles is 1. The number of thiophene rings is 1. The van der Waals surface area contributed by atoms with Crippen LogP contribution in [0.25, 0.3) is 10.1 Å². The number of halogens is 2. The van der Waals surface area contributed by atoms with Crippen LogP contribution < -0.4 is 10.5 Å². The molecule has 2 aromatic rings. The Morgan fingerprint density at radius 3 is 2.81 bits per heavy atom. The fourth-order valence-electron chi connectivity index (χ4n) is 1.42. The van der Waals surface area contributed by atoms with Crippen LogP contribution in [0.15, 0.2) is 18.2 Å². The predicted molar refractivity (Wildman–Crippen MR) is 57.6 cm³/mol. The summed E-state index contributed by atoms with van der Waals surface area (Å²) in [6.07, 6.45) is 0. The second kappa shape index (κ2) is 3.94. The first kappa shape index (κ1) is 10.6. The average molecular weight is 240 g/mol. The Morgan fingerprint density at radius 2 is 2.19 bits per heavy atom. The maximum atomic E-state index is 12.2. The fraction of sp³-hybridized carbons (Fsp3) is 0.100. The second-order valence-corrected chi connectivity index (χ2v) is 4.02. The SMILES string of the molecule is N#Cc1sc2cccc(N)c2c1OC(F)F. The molecule has 2 N–H and O–H groups in total. The summed E-state index contributed by atoms with van der Waals surface area (Å²) < 4.78 is 29.4. The lowest BCUT2D eigenvalue weighted by Gasteiger charge is -2.04. The molecule has 6 heteroatoms. The first-order valence-electron chi connectivity index (χ1n) is 4.29. The van der Waals surface area contributed by atoms with Crippen LogP contribution in [0, 0.1) is 11.3 Å². The van der Waals surface area contributed by atoms with Crippen molar-refractivity contribution in [2.45, 2.75) is 6.61 Å². The molecule has 0 radical (unpaired) electrons. The Hall–Kier alpha value is -1.87. The van der Waals surface area contributed by atoms with Gasteiger partial charge in [-0.1, -0.05) is 6.07 Å². The van der Waals surface area contributed by atoms with Crippen LogP contribution in [-0.2, 0) is 0 Å². The molecule has 0 fully saturated rings. The lowest BCUT2D eigenvalue weighted by atomic mass is 10.2. The number of hydrogen-bond acceptors (Lipinski definition) is 4. The van der Waals surface area contributed by atoms with E-state index in [1.807, 2.05) is 6.07 Å². The standard InChI is InChI=1S/C10H6F2N2OS/c11-10(12)15-9-7(4-13)16-6-3-1-2-5(14)8(6)9/h1-3,10H,14H2. The highest BCUT2D eigenvalue weighted by Crippen LogP contribution is 2.41. The first-order valence-corrected chi connectivity index (χ1v) is 5.11. The lowest BCUT2D eigenvalue weighted by molar-refractivity contribution is -0.0486. The molecular weight excluding hydrogens is 234 g/mol. The number of rotatable bonds is 2. The Labute approximate surface area is 93.7 Å². The van der Waals surface area contributed by atoms with Gasteiger partial charge in [0.15, 0.2) is 5.75 Å². The van der Waals surface area contributed by atoms with Crippen LogP contribution in [0.5, 0.6) is 5.75 Å². The molecule has 0 saturated carbocycles. The van der Waals surface area contributed by atoms with Crippen molar-refractivity contribution in [2.24, 2.45) is 0 Å². The normalized spacial score (nSPS) is 10.6. The number of nitrogen functional groups attached to an aromatic ring is 1. The Morgan fingerprint density at radius 1 is 1.44 bits per heavy atom. The number of nitrogens with zero attached hydrogens (tertiary/aromatic N) is 1. The van der Waals surface area contributed by atoms with Crippen molar-refractivity contribution in [3.8, 4) is 11.8 Å². The van der Waals surface area contributed by atoms with Crippen molar-refractivity contribution in [1.29, 1.82) is 5.26 Å². The molecule has 0 aliphatic rings. The van der Waals surface area contributed by atoms with E-state index < -0.39 is 6.61 Å². The van der Waals surface area contributed by atoms with Crippen LogP contribution in [0.1, 0.15) is 4.88 Å². The number of alkyl halides is 2. The number of fused-ring (bicyclic) bond motifs is 1. The Bertz CT molecular complexity index is 574. The number of ether oxygens (including phenoxy) is 1. The molecule has 0 saturated heterocycles. The molecule has 0 aliphatic heterocycles. The molecule has 0 bridgehead atoms. The molecule has 0 unspecified atom stereocenters. The van der Waals surface area contributed by atoms with Gasteiger partial charge in [-0.3, -0.25) is 0 Å². The third kappa shape index (κ3) is 1.66. The third-order valence-corrected chi connectivity index (χ3v) is 3.05. The number of benzene rings is 1. The van der Waals surface area contributed by atoms with Crippen LogP contribution >= 0.6 is 11.3 Å². The van der Waals surface area contributed by atoms with Crippen molar-refractivity contribution in [3.63, 3.8) is 0 Å². The second-order valence-electron chi connectivity index (χ2n) is 2.97. The molecule has 1 heterocycles. The third-order valence-electron chi connectivity index (χ3n) is 2.01. The minimum absolute atomic E-state index is 0.105. The summed E-state index contributed by atoms with van der Waals surface area (Å²) in [5.41, 5.74) is 6.00. The van der Waals surface area contributed by atoms with Gasteiger partial charge in [0.25, 0.3) is 0 Å². The van der Waals surface area contributed by atoms with Gasteiger partial charge in [-0.2, -0.15) is 14.0 Å². The molecule has 0 aliphatic carbocycles. The smallest absolute Gasteiger partial charge is 0.387 e. The summed E-state index contributed by atoms with van der Waals surface area (Å²) in [6.45, 7) is -2.97. The molecule has 16 heavy (non-hydrogen) atoms. The van der Waals surface area contributed by atoms with Gasteiger partial charge >= 0.3 is 6.61 Å². The fourth-order valence-corrected chi connectivity index (χ4v) is 2.39. The summed E-state index contributed by atoms with van der Waals surface area (Å²) in [5.74, 6) is -0.129. The summed E-state index contributed by atoms with van der Waals surface area (Å²) in [5, 5.41) is 9.20. The van der Waals surface area contributed by atoms with Gasteiger partial charge in [-0.15, -0.1) is 11.3 Å². The topological polar surface area (TPSA) is 59.0 Å². The highest BCUT2D eigenvalue weighted by molar-refractivity contribution is 7.20. The summed E-state index contributed by atoms with van der Waals surface area (Å²) in [7, 11) is 0. The maximum Gasteiger partial charge on any atom is 0.387 e. The van der Waals surface area contributed by atoms with Crippen LogP contribution in [-0.4, -0.2) is 6.61 Å². The zero-order valence-corrected chi connectivity index (χ0v) is 8.72. The van der Waals surface area contributed by atoms with E-state index in [4.69, 9.17) is 11.0 Å². The summed E-state index contributed by atoms with van der Waals surface area (Å²) >= 11 is 1.08. The van der Waals surface area contributed by atoms with Crippen molar-refractivity contribution >= 4 is 27.1 Å². The molecule has 0 atom stereocenters. The maximum absolute atomic E-state index is 12.2. The van der Waals surface area contributed by atoms with Crippen LogP contribution in [0.2, 0.25) is 0 Å². The Kier molecular flexibility index (Phi) is 2.62.